The summed E-state index contributed by atoms with van der Waals surface area (Å²) in [6.07, 6.45) is 4.47. The van der Waals surface area contributed by atoms with Gasteiger partial charge in [0.15, 0.2) is 0 Å². The highest BCUT2D eigenvalue weighted by atomic mass is 35.5. The van der Waals surface area contributed by atoms with Gasteiger partial charge in [-0.3, -0.25) is 4.90 Å². The molecule has 1 saturated heterocycles. The first-order chi connectivity index (χ1) is 8.29. The first kappa shape index (κ1) is 12.8. The zero-order valence-corrected chi connectivity index (χ0v) is 11.0. The number of halogens is 1. The Bertz CT molecular complexity index is 357. The third-order valence-electron chi connectivity index (χ3n) is 3.09. The average Bonchev–Trinajstić information content (AvgIpc) is 2.33. The molecule has 17 heavy (non-hydrogen) atoms. The van der Waals surface area contributed by atoms with Gasteiger partial charge in [0.25, 0.3) is 0 Å². The van der Waals surface area contributed by atoms with Crippen molar-refractivity contribution in [2.24, 2.45) is 0 Å². The molecular formula is C13H19ClN2O. The largest absolute Gasteiger partial charge is 0.377 e. The van der Waals surface area contributed by atoms with E-state index in [2.05, 4.69) is 16.8 Å². The molecule has 2 rings (SSSR count). The Labute approximate surface area is 108 Å². The lowest BCUT2D eigenvalue weighted by molar-refractivity contribution is 0.00361. The molecule has 3 nitrogen and oxygen atoms in total. The van der Waals surface area contributed by atoms with Crippen LogP contribution in [-0.4, -0.2) is 35.7 Å². The van der Waals surface area contributed by atoms with Crippen LogP contribution in [0, 0.1) is 0 Å². The molecule has 0 amide bonds. The lowest BCUT2D eigenvalue weighted by Gasteiger charge is -2.32. The Morgan fingerprint density at radius 1 is 1.59 bits per heavy atom. The molecule has 1 aliphatic heterocycles. The molecule has 0 aromatic carbocycles. The van der Waals surface area contributed by atoms with Crippen molar-refractivity contribution in [3.05, 3.63) is 29.0 Å². The predicted octanol–water partition coefficient (Wildman–Crippen LogP) is 2.74. The van der Waals surface area contributed by atoms with Crippen molar-refractivity contribution in [2.45, 2.75) is 32.4 Å². The molecule has 94 valence electrons. The number of nitrogens with zero attached hydrogens (tertiary/aromatic N) is 2. The molecule has 1 aliphatic rings. The van der Waals surface area contributed by atoms with Gasteiger partial charge in [0.1, 0.15) is 5.15 Å². The Balaban J connectivity index is 1.92. The van der Waals surface area contributed by atoms with E-state index in [1.807, 2.05) is 12.1 Å². The molecule has 2 heterocycles. The van der Waals surface area contributed by atoms with Crippen LogP contribution in [0.4, 0.5) is 0 Å². The van der Waals surface area contributed by atoms with Gasteiger partial charge < -0.3 is 4.74 Å². The lowest BCUT2D eigenvalue weighted by Crippen LogP contribution is -2.39. The SMILES string of the molecule is CCOC1CCCN(Cc2cccnc2Cl)C1. The van der Waals surface area contributed by atoms with Gasteiger partial charge in [-0.1, -0.05) is 17.7 Å². The summed E-state index contributed by atoms with van der Waals surface area (Å²) in [4.78, 5) is 6.50. The molecular weight excluding hydrogens is 236 g/mol. The van der Waals surface area contributed by atoms with Crippen molar-refractivity contribution in [3.8, 4) is 0 Å². The number of hydrogen-bond donors (Lipinski definition) is 0. The quantitative estimate of drug-likeness (QED) is 0.773. The number of rotatable bonds is 4. The first-order valence-electron chi connectivity index (χ1n) is 6.23. The monoisotopic (exact) mass is 254 g/mol. The van der Waals surface area contributed by atoms with Gasteiger partial charge in [0.05, 0.1) is 6.10 Å². The highest BCUT2D eigenvalue weighted by molar-refractivity contribution is 6.30. The summed E-state index contributed by atoms with van der Waals surface area (Å²) < 4.78 is 5.69. The Morgan fingerprint density at radius 2 is 2.47 bits per heavy atom. The number of likely N-dealkylation sites (tertiary alicyclic amines) is 1. The molecule has 0 radical (unpaired) electrons. The number of aromatic nitrogens is 1. The Hall–Kier alpha value is -0.640. The molecule has 0 bridgehead atoms. The van der Waals surface area contributed by atoms with E-state index in [1.54, 1.807) is 6.20 Å². The fraction of sp³-hybridized carbons (Fsp3) is 0.615. The molecule has 1 unspecified atom stereocenters. The second kappa shape index (κ2) is 6.34. The molecule has 0 saturated carbocycles. The Morgan fingerprint density at radius 3 is 3.24 bits per heavy atom. The molecule has 0 aliphatic carbocycles. The molecule has 0 N–H and O–H groups in total. The number of pyridine rings is 1. The summed E-state index contributed by atoms with van der Waals surface area (Å²) >= 11 is 6.07. The molecule has 4 heteroatoms. The smallest absolute Gasteiger partial charge is 0.133 e. The fourth-order valence-electron chi connectivity index (χ4n) is 2.31. The van der Waals surface area contributed by atoms with Gasteiger partial charge in [0.2, 0.25) is 0 Å². The van der Waals surface area contributed by atoms with E-state index in [0.29, 0.717) is 11.3 Å². The number of hydrogen-bond acceptors (Lipinski definition) is 3. The van der Waals surface area contributed by atoms with Gasteiger partial charge >= 0.3 is 0 Å². The van der Waals surface area contributed by atoms with Crippen LogP contribution in [0.5, 0.6) is 0 Å². The van der Waals surface area contributed by atoms with Crippen molar-refractivity contribution in [1.29, 1.82) is 0 Å². The standard InChI is InChI=1S/C13H19ClN2O/c1-2-17-12-6-4-8-16(10-12)9-11-5-3-7-15-13(11)14/h3,5,7,12H,2,4,6,8-10H2,1H3. The van der Waals surface area contributed by atoms with Crippen LogP contribution < -0.4 is 0 Å². The maximum atomic E-state index is 6.07. The molecule has 0 spiro atoms. The summed E-state index contributed by atoms with van der Waals surface area (Å²) in [6.45, 7) is 5.84. The molecule has 1 aromatic heterocycles. The normalized spacial score (nSPS) is 21.6. The molecule has 1 atom stereocenters. The van der Waals surface area contributed by atoms with Crippen LogP contribution in [0.1, 0.15) is 25.3 Å². The summed E-state index contributed by atoms with van der Waals surface area (Å²) in [6, 6.07) is 3.98. The van der Waals surface area contributed by atoms with Crippen molar-refractivity contribution in [3.63, 3.8) is 0 Å². The second-order valence-corrected chi connectivity index (χ2v) is 4.77. The van der Waals surface area contributed by atoms with E-state index < -0.39 is 0 Å². The van der Waals surface area contributed by atoms with Crippen LogP contribution in [0.2, 0.25) is 5.15 Å². The Kier molecular flexibility index (Phi) is 4.77. The number of ether oxygens (including phenoxy) is 1. The highest BCUT2D eigenvalue weighted by Crippen LogP contribution is 2.19. The van der Waals surface area contributed by atoms with Gasteiger partial charge in [-0.2, -0.15) is 0 Å². The van der Waals surface area contributed by atoms with Crippen molar-refractivity contribution in [1.82, 2.24) is 9.88 Å². The average molecular weight is 255 g/mol. The van der Waals surface area contributed by atoms with E-state index in [-0.39, 0.29) is 0 Å². The van der Waals surface area contributed by atoms with Gasteiger partial charge in [-0.05, 0) is 32.4 Å². The molecule has 1 fully saturated rings. The number of piperidine rings is 1. The van der Waals surface area contributed by atoms with Crippen LogP contribution in [0.3, 0.4) is 0 Å². The summed E-state index contributed by atoms with van der Waals surface area (Å²) in [5.74, 6) is 0. The zero-order valence-electron chi connectivity index (χ0n) is 10.2. The van der Waals surface area contributed by atoms with Crippen LogP contribution >= 0.6 is 11.6 Å². The highest BCUT2D eigenvalue weighted by Gasteiger charge is 2.20. The minimum atomic E-state index is 0.379. The van der Waals surface area contributed by atoms with E-state index in [0.717, 1.165) is 31.8 Å². The van der Waals surface area contributed by atoms with Crippen LogP contribution in [0.25, 0.3) is 0 Å². The van der Waals surface area contributed by atoms with Gasteiger partial charge in [-0.25, -0.2) is 4.98 Å². The van der Waals surface area contributed by atoms with E-state index in [1.165, 1.54) is 12.8 Å². The van der Waals surface area contributed by atoms with Crippen molar-refractivity contribution < 1.29 is 4.74 Å². The zero-order chi connectivity index (χ0) is 12.1. The maximum Gasteiger partial charge on any atom is 0.133 e. The van der Waals surface area contributed by atoms with Crippen LogP contribution in [-0.2, 0) is 11.3 Å². The first-order valence-corrected chi connectivity index (χ1v) is 6.60. The summed E-state index contributed by atoms with van der Waals surface area (Å²) in [7, 11) is 0. The van der Waals surface area contributed by atoms with E-state index in [9.17, 15) is 0 Å². The fourth-order valence-corrected chi connectivity index (χ4v) is 2.49. The minimum absolute atomic E-state index is 0.379. The molecule has 1 aromatic rings. The summed E-state index contributed by atoms with van der Waals surface area (Å²) in [5, 5.41) is 0.617. The third-order valence-corrected chi connectivity index (χ3v) is 3.44. The maximum absolute atomic E-state index is 6.07. The second-order valence-electron chi connectivity index (χ2n) is 4.41. The van der Waals surface area contributed by atoms with E-state index >= 15 is 0 Å². The van der Waals surface area contributed by atoms with Gasteiger partial charge in [-0.15, -0.1) is 0 Å². The van der Waals surface area contributed by atoms with E-state index in [4.69, 9.17) is 16.3 Å². The van der Waals surface area contributed by atoms with Crippen molar-refractivity contribution in [2.75, 3.05) is 19.7 Å². The minimum Gasteiger partial charge on any atom is -0.377 e. The van der Waals surface area contributed by atoms with Gasteiger partial charge in [0, 0.05) is 31.5 Å². The van der Waals surface area contributed by atoms with Crippen LogP contribution in [0.15, 0.2) is 18.3 Å². The summed E-state index contributed by atoms with van der Waals surface area (Å²) in [5.41, 5.74) is 1.10. The lowest BCUT2D eigenvalue weighted by atomic mass is 10.1. The third kappa shape index (κ3) is 3.66. The topological polar surface area (TPSA) is 25.4 Å². The predicted molar refractivity (Wildman–Crippen MR) is 69.2 cm³/mol. The van der Waals surface area contributed by atoms with Crippen molar-refractivity contribution >= 4 is 11.6 Å².